The summed E-state index contributed by atoms with van der Waals surface area (Å²) in [5.74, 6) is -0.395. The van der Waals surface area contributed by atoms with Gasteiger partial charge in [-0.15, -0.1) is 11.3 Å². The summed E-state index contributed by atoms with van der Waals surface area (Å²) in [7, 11) is 0. The van der Waals surface area contributed by atoms with Crippen molar-refractivity contribution in [1.82, 2.24) is 4.90 Å². The minimum Gasteiger partial charge on any atom is -0.458 e. The van der Waals surface area contributed by atoms with Crippen molar-refractivity contribution < 1.29 is 14.3 Å². The predicted octanol–water partition coefficient (Wildman–Crippen LogP) is 3.46. The Kier molecular flexibility index (Phi) is 4.54. The van der Waals surface area contributed by atoms with E-state index in [1.54, 1.807) is 11.0 Å². The Labute approximate surface area is 131 Å². The van der Waals surface area contributed by atoms with Gasteiger partial charge in [0.15, 0.2) is 0 Å². The molecule has 1 fully saturated rings. The van der Waals surface area contributed by atoms with Crippen molar-refractivity contribution in [2.24, 2.45) is 0 Å². The van der Waals surface area contributed by atoms with Crippen LogP contribution in [-0.2, 0) is 9.53 Å². The van der Waals surface area contributed by atoms with E-state index in [1.165, 1.54) is 11.3 Å². The van der Waals surface area contributed by atoms with Gasteiger partial charge in [0.05, 0.1) is 8.66 Å². The van der Waals surface area contributed by atoms with Crippen LogP contribution in [0.2, 0.25) is 0 Å². The Morgan fingerprint density at radius 1 is 1.40 bits per heavy atom. The number of esters is 1. The van der Waals surface area contributed by atoms with Crippen molar-refractivity contribution in [3.05, 3.63) is 20.8 Å². The van der Waals surface area contributed by atoms with Crippen LogP contribution < -0.4 is 0 Å². The Hall–Kier alpha value is -0.880. The first-order valence-electron chi connectivity index (χ1n) is 6.57. The van der Waals surface area contributed by atoms with Gasteiger partial charge < -0.3 is 9.64 Å². The van der Waals surface area contributed by atoms with Gasteiger partial charge in [0.2, 0.25) is 0 Å². The molecule has 110 valence electrons. The van der Waals surface area contributed by atoms with Crippen LogP contribution in [0.15, 0.2) is 15.9 Å². The number of carbonyl (C=O) groups is 2. The molecule has 1 aliphatic heterocycles. The van der Waals surface area contributed by atoms with Crippen LogP contribution >= 0.6 is 27.3 Å². The van der Waals surface area contributed by atoms with Crippen LogP contribution in [-0.4, -0.2) is 35.0 Å². The molecular weight excluding hydrogens is 342 g/mol. The number of likely N-dealkylation sites (tertiary alicyclic amines) is 1. The van der Waals surface area contributed by atoms with E-state index in [0.717, 1.165) is 10.2 Å². The second-order valence-corrected chi connectivity index (χ2v) is 8.26. The van der Waals surface area contributed by atoms with E-state index >= 15 is 0 Å². The fraction of sp³-hybridized carbons (Fsp3) is 0.571. The van der Waals surface area contributed by atoms with E-state index in [0.29, 0.717) is 17.8 Å². The minimum atomic E-state index is -0.527. The van der Waals surface area contributed by atoms with Gasteiger partial charge in [0, 0.05) is 6.54 Å². The summed E-state index contributed by atoms with van der Waals surface area (Å²) in [6, 6.07) is 3.17. The molecule has 1 aliphatic rings. The van der Waals surface area contributed by atoms with E-state index in [2.05, 4.69) is 15.9 Å². The van der Waals surface area contributed by atoms with Gasteiger partial charge >= 0.3 is 5.97 Å². The summed E-state index contributed by atoms with van der Waals surface area (Å²) >= 11 is 4.73. The number of ether oxygens (including phenoxy) is 1. The molecule has 0 spiro atoms. The van der Waals surface area contributed by atoms with Crippen molar-refractivity contribution in [3.63, 3.8) is 0 Å². The standard InChI is InChI=1S/C14H18BrNO3S/c1-14(2,3)19-13(18)9-5-4-8-16(9)12(17)10-6-7-11(15)20-10/h6-7,9H,4-5,8H2,1-3H3/t9-/m1/s1. The SMILES string of the molecule is CC(C)(C)OC(=O)[C@H]1CCCN1C(=O)c1ccc(Br)s1. The van der Waals surface area contributed by atoms with E-state index in [-0.39, 0.29) is 11.9 Å². The molecule has 1 aromatic rings. The summed E-state index contributed by atoms with van der Waals surface area (Å²) in [6.45, 7) is 6.12. The molecule has 1 atom stereocenters. The lowest BCUT2D eigenvalue weighted by atomic mass is 10.1. The molecular formula is C14H18BrNO3S. The third-order valence-electron chi connectivity index (χ3n) is 2.98. The zero-order valence-corrected chi connectivity index (χ0v) is 14.2. The molecule has 2 rings (SSSR count). The highest BCUT2D eigenvalue weighted by Gasteiger charge is 2.37. The normalized spacial score (nSPS) is 19.2. The molecule has 0 aliphatic carbocycles. The summed E-state index contributed by atoms with van der Waals surface area (Å²) < 4.78 is 6.32. The smallest absolute Gasteiger partial charge is 0.329 e. The van der Waals surface area contributed by atoms with E-state index in [1.807, 2.05) is 26.8 Å². The molecule has 0 radical (unpaired) electrons. The number of carbonyl (C=O) groups excluding carboxylic acids is 2. The third kappa shape index (κ3) is 3.61. The molecule has 1 aromatic heterocycles. The van der Waals surface area contributed by atoms with Gasteiger partial charge in [0.1, 0.15) is 11.6 Å². The Balaban J connectivity index is 2.11. The van der Waals surface area contributed by atoms with Gasteiger partial charge in [0.25, 0.3) is 5.91 Å². The minimum absolute atomic E-state index is 0.0888. The van der Waals surface area contributed by atoms with Crippen LogP contribution in [0.4, 0.5) is 0 Å². The maximum Gasteiger partial charge on any atom is 0.329 e. The average molecular weight is 360 g/mol. The highest BCUT2D eigenvalue weighted by Crippen LogP contribution is 2.27. The molecule has 0 bridgehead atoms. The number of hydrogen-bond donors (Lipinski definition) is 0. The van der Waals surface area contributed by atoms with Gasteiger partial charge in [-0.1, -0.05) is 0 Å². The van der Waals surface area contributed by atoms with Gasteiger partial charge in [-0.05, 0) is 61.7 Å². The first-order chi connectivity index (χ1) is 9.28. The molecule has 0 aromatic carbocycles. The van der Waals surface area contributed by atoms with Crippen LogP contribution in [0, 0.1) is 0 Å². The van der Waals surface area contributed by atoms with Crippen LogP contribution in [0.3, 0.4) is 0 Å². The number of thiophene rings is 1. The zero-order chi connectivity index (χ0) is 14.9. The van der Waals surface area contributed by atoms with Crippen LogP contribution in [0.5, 0.6) is 0 Å². The third-order valence-corrected chi connectivity index (χ3v) is 4.59. The Morgan fingerprint density at radius 3 is 2.65 bits per heavy atom. The predicted molar refractivity (Wildman–Crippen MR) is 81.9 cm³/mol. The van der Waals surface area contributed by atoms with E-state index < -0.39 is 11.6 Å². The molecule has 2 heterocycles. The van der Waals surface area contributed by atoms with Crippen molar-refractivity contribution in [2.45, 2.75) is 45.3 Å². The van der Waals surface area contributed by atoms with Crippen molar-refractivity contribution in [2.75, 3.05) is 6.54 Å². The maximum atomic E-state index is 12.4. The quantitative estimate of drug-likeness (QED) is 0.759. The molecule has 0 N–H and O–H groups in total. The number of hydrogen-bond acceptors (Lipinski definition) is 4. The van der Waals surface area contributed by atoms with Crippen molar-refractivity contribution >= 4 is 39.1 Å². The lowest BCUT2D eigenvalue weighted by Crippen LogP contribution is -2.43. The fourth-order valence-corrected chi connectivity index (χ4v) is 3.54. The van der Waals surface area contributed by atoms with Crippen molar-refractivity contribution in [3.8, 4) is 0 Å². The van der Waals surface area contributed by atoms with Gasteiger partial charge in [-0.2, -0.15) is 0 Å². The largest absolute Gasteiger partial charge is 0.458 e. The van der Waals surface area contributed by atoms with E-state index in [4.69, 9.17) is 4.74 Å². The Morgan fingerprint density at radius 2 is 2.10 bits per heavy atom. The van der Waals surface area contributed by atoms with Crippen LogP contribution in [0.1, 0.15) is 43.3 Å². The molecule has 4 nitrogen and oxygen atoms in total. The maximum absolute atomic E-state index is 12.4. The number of amides is 1. The number of rotatable bonds is 2. The molecule has 20 heavy (non-hydrogen) atoms. The topological polar surface area (TPSA) is 46.6 Å². The summed E-state index contributed by atoms with van der Waals surface area (Å²) in [5, 5.41) is 0. The molecule has 1 amide bonds. The summed E-state index contributed by atoms with van der Waals surface area (Å²) in [6.07, 6.45) is 1.51. The Bertz CT molecular complexity index is 521. The zero-order valence-electron chi connectivity index (χ0n) is 11.8. The second kappa shape index (κ2) is 5.85. The van der Waals surface area contributed by atoms with Crippen molar-refractivity contribution in [1.29, 1.82) is 0 Å². The lowest BCUT2D eigenvalue weighted by molar-refractivity contribution is -0.159. The molecule has 0 unspecified atom stereocenters. The molecule has 0 saturated carbocycles. The summed E-state index contributed by atoms with van der Waals surface area (Å²) in [5.41, 5.74) is -0.527. The highest BCUT2D eigenvalue weighted by molar-refractivity contribution is 9.11. The first-order valence-corrected chi connectivity index (χ1v) is 8.18. The molecule has 1 saturated heterocycles. The van der Waals surface area contributed by atoms with Gasteiger partial charge in [-0.3, -0.25) is 4.79 Å². The monoisotopic (exact) mass is 359 g/mol. The average Bonchev–Trinajstić information content (AvgIpc) is 2.93. The number of nitrogens with zero attached hydrogens (tertiary/aromatic N) is 1. The number of halogens is 1. The first kappa shape index (κ1) is 15.5. The lowest BCUT2D eigenvalue weighted by Gasteiger charge is -2.27. The fourth-order valence-electron chi connectivity index (χ4n) is 2.20. The second-order valence-electron chi connectivity index (χ2n) is 5.79. The molecule has 6 heteroatoms. The van der Waals surface area contributed by atoms with E-state index in [9.17, 15) is 9.59 Å². The van der Waals surface area contributed by atoms with Crippen LogP contribution in [0.25, 0.3) is 0 Å². The van der Waals surface area contributed by atoms with Gasteiger partial charge in [-0.25, -0.2) is 4.79 Å². The highest BCUT2D eigenvalue weighted by atomic mass is 79.9. The summed E-state index contributed by atoms with van der Waals surface area (Å²) in [4.78, 5) is 26.9.